The highest BCUT2D eigenvalue weighted by Gasteiger charge is 2.26. The van der Waals surface area contributed by atoms with E-state index >= 15 is 0 Å². The zero-order chi connectivity index (χ0) is 25.6. The van der Waals surface area contributed by atoms with Crippen molar-refractivity contribution in [2.24, 2.45) is 0 Å². The predicted octanol–water partition coefficient (Wildman–Crippen LogP) is 3.49. The number of carbonyl (C=O) groups is 1. The molecule has 1 atom stereocenters. The van der Waals surface area contributed by atoms with Crippen LogP contribution in [0.15, 0.2) is 18.2 Å². The summed E-state index contributed by atoms with van der Waals surface area (Å²) in [6.07, 6.45) is 4.96. The van der Waals surface area contributed by atoms with Gasteiger partial charge in [0.15, 0.2) is 0 Å². The van der Waals surface area contributed by atoms with Crippen LogP contribution in [0, 0.1) is 10.1 Å². The average molecular weight is 511 g/mol. The number of amides is 1. The molecule has 1 unspecified atom stereocenters. The molecule has 2 aliphatic rings. The standard InChI is InChI=1S/C23H37N5O6S/c1-23(2,3)34-22(29)26-14-11-25(12-15-26)13-16-27(35(32)33)19-9-10-20(21(17-19)28(30)31)24-18-7-5-4-6-8-18/h9-10,17-18,24H,4-8,11-16H2,1-3H3,(H,32,33)/p-1. The zero-order valence-electron chi connectivity index (χ0n) is 20.7. The molecule has 1 aliphatic carbocycles. The smallest absolute Gasteiger partial charge is 0.410 e. The van der Waals surface area contributed by atoms with Gasteiger partial charge in [0, 0.05) is 62.6 Å². The number of benzene rings is 1. The summed E-state index contributed by atoms with van der Waals surface area (Å²) in [4.78, 5) is 27.2. The van der Waals surface area contributed by atoms with Crippen LogP contribution in [0.2, 0.25) is 0 Å². The molecule has 1 aliphatic heterocycles. The summed E-state index contributed by atoms with van der Waals surface area (Å²) in [5.41, 5.74) is -0.0153. The Balaban J connectivity index is 1.60. The highest BCUT2D eigenvalue weighted by Crippen LogP contribution is 2.32. The fraction of sp³-hybridized carbons (Fsp3) is 0.696. The molecule has 3 rings (SSSR count). The van der Waals surface area contributed by atoms with E-state index in [4.69, 9.17) is 4.74 Å². The van der Waals surface area contributed by atoms with E-state index in [-0.39, 0.29) is 30.1 Å². The van der Waals surface area contributed by atoms with Gasteiger partial charge in [0.2, 0.25) is 0 Å². The van der Waals surface area contributed by atoms with Crippen molar-refractivity contribution >= 4 is 34.4 Å². The Labute approximate surface area is 209 Å². The maximum absolute atomic E-state index is 12.2. The van der Waals surface area contributed by atoms with Crippen LogP contribution < -0.4 is 9.62 Å². The van der Waals surface area contributed by atoms with Gasteiger partial charge in [-0.1, -0.05) is 19.3 Å². The van der Waals surface area contributed by atoms with E-state index in [1.165, 1.54) is 12.5 Å². The molecule has 11 nitrogen and oxygen atoms in total. The van der Waals surface area contributed by atoms with E-state index in [1.54, 1.807) is 17.0 Å². The minimum absolute atomic E-state index is 0.130. The number of hydrogen-bond acceptors (Lipinski definition) is 8. The Morgan fingerprint density at radius 2 is 1.86 bits per heavy atom. The monoisotopic (exact) mass is 510 g/mol. The number of anilines is 2. The lowest BCUT2D eigenvalue weighted by atomic mass is 9.95. The Kier molecular flexibility index (Phi) is 9.31. The third-order valence-corrected chi connectivity index (χ3v) is 7.01. The Morgan fingerprint density at radius 3 is 2.43 bits per heavy atom. The van der Waals surface area contributed by atoms with E-state index in [1.807, 2.05) is 20.8 Å². The first-order valence-corrected chi connectivity index (χ1v) is 13.2. The van der Waals surface area contributed by atoms with Crippen molar-refractivity contribution in [1.82, 2.24) is 9.80 Å². The molecule has 0 radical (unpaired) electrons. The molecule has 1 N–H and O–H groups in total. The topological polar surface area (TPSA) is 131 Å². The minimum atomic E-state index is -2.59. The molecule has 12 heteroatoms. The molecule has 2 fully saturated rings. The number of ether oxygens (including phenoxy) is 1. The molecule has 1 aromatic rings. The van der Waals surface area contributed by atoms with Crippen molar-refractivity contribution in [3.63, 3.8) is 0 Å². The second-order valence-corrected chi connectivity index (χ2v) is 10.9. The van der Waals surface area contributed by atoms with E-state index in [0.29, 0.717) is 38.4 Å². The molecular weight excluding hydrogens is 474 g/mol. The van der Waals surface area contributed by atoms with Gasteiger partial charge in [0.05, 0.1) is 10.6 Å². The van der Waals surface area contributed by atoms with Gasteiger partial charge in [-0.15, -0.1) is 0 Å². The van der Waals surface area contributed by atoms with Crippen LogP contribution in [0.25, 0.3) is 0 Å². The molecule has 0 spiro atoms. The van der Waals surface area contributed by atoms with Crippen LogP contribution in [-0.2, 0) is 16.0 Å². The van der Waals surface area contributed by atoms with Crippen LogP contribution >= 0.6 is 0 Å². The first-order valence-electron chi connectivity index (χ1n) is 12.2. The molecule has 0 aromatic heterocycles. The van der Waals surface area contributed by atoms with Crippen LogP contribution in [0.1, 0.15) is 52.9 Å². The fourth-order valence-corrected chi connectivity index (χ4v) is 4.93. The summed E-state index contributed by atoms with van der Waals surface area (Å²) in [6, 6.07) is 4.72. The Hall–Kier alpha value is -2.44. The van der Waals surface area contributed by atoms with Gasteiger partial charge in [0.25, 0.3) is 5.69 Å². The first kappa shape index (κ1) is 27.2. The van der Waals surface area contributed by atoms with Crippen molar-refractivity contribution in [2.75, 3.05) is 48.9 Å². The zero-order valence-corrected chi connectivity index (χ0v) is 21.6. The van der Waals surface area contributed by atoms with E-state index in [0.717, 1.165) is 30.0 Å². The molecule has 1 aromatic carbocycles. The van der Waals surface area contributed by atoms with Crippen LogP contribution in [0.3, 0.4) is 0 Å². The summed E-state index contributed by atoms with van der Waals surface area (Å²) in [6.45, 7) is 8.20. The lowest BCUT2D eigenvalue weighted by Gasteiger charge is -2.37. The maximum Gasteiger partial charge on any atom is 0.410 e. The lowest BCUT2D eigenvalue weighted by molar-refractivity contribution is -0.383. The van der Waals surface area contributed by atoms with Crippen LogP contribution in [0.5, 0.6) is 0 Å². The van der Waals surface area contributed by atoms with Crippen LogP contribution in [-0.4, -0.2) is 80.5 Å². The third kappa shape index (κ3) is 8.04. The number of nitro benzene ring substituents is 1. The highest BCUT2D eigenvalue weighted by atomic mass is 32.2. The van der Waals surface area contributed by atoms with Crippen LogP contribution in [0.4, 0.5) is 21.9 Å². The van der Waals surface area contributed by atoms with Gasteiger partial charge in [-0.3, -0.25) is 19.2 Å². The molecular formula is C23H36N5O6S-. The van der Waals surface area contributed by atoms with Gasteiger partial charge in [-0.25, -0.2) is 4.79 Å². The average Bonchev–Trinajstić information content (AvgIpc) is 2.79. The van der Waals surface area contributed by atoms with E-state index in [2.05, 4.69) is 10.2 Å². The Bertz CT molecular complexity index is 910. The van der Waals surface area contributed by atoms with Crippen molar-refractivity contribution in [3.8, 4) is 0 Å². The van der Waals surface area contributed by atoms with E-state index in [9.17, 15) is 23.7 Å². The second-order valence-electron chi connectivity index (χ2n) is 10.1. The molecule has 196 valence electrons. The quantitative estimate of drug-likeness (QED) is 0.319. The molecule has 35 heavy (non-hydrogen) atoms. The predicted molar refractivity (Wildman–Crippen MR) is 134 cm³/mol. The summed E-state index contributed by atoms with van der Waals surface area (Å²) >= 11 is -2.59. The summed E-state index contributed by atoms with van der Waals surface area (Å²) in [7, 11) is 0. The summed E-state index contributed by atoms with van der Waals surface area (Å²) < 4.78 is 30.5. The van der Waals surface area contributed by atoms with Crippen molar-refractivity contribution in [3.05, 3.63) is 28.3 Å². The third-order valence-electron chi connectivity index (χ3n) is 6.25. The van der Waals surface area contributed by atoms with Gasteiger partial charge in [-0.05, 0) is 45.7 Å². The highest BCUT2D eigenvalue weighted by molar-refractivity contribution is 7.80. The maximum atomic E-state index is 12.2. The summed E-state index contributed by atoms with van der Waals surface area (Å²) in [5.74, 6) is 0. The normalized spacial score (nSPS) is 18.7. The van der Waals surface area contributed by atoms with Gasteiger partial charge in [-0.2, -0.15) is 0 Å². The van der Waals surface area contributed by atoms with Gasteiger partial charge in [0.1, 0.15) is 11.3 Å². The van der Waals surface area contributed by atoms with Gasteiger partial charge >= 0.3 is 6.09 Å². The number of nitrogens with one attached hydrogen (secondary N) is 1. The number of carbonyl (C=O) groups excluding carboxylic acids is 1. The summed E-state index contributed by atoms with van der Waals surface area (Å²) in [5, 5.41) is 15.0. The fourth-order valence-electron chi connectivity index (χ4n) is 4.42. The number of piperazine rings is 1. The number of rotatable bonds is 8. The number of hydrogen-bond donors (Lipinski definition) is 1. The second kappa shape index (κ2) is 12.0. The Morgan fingerprint density at radius 1 is 1.20 bits per heavy atom. The number of nitrogens with zero attached hydrogens (tertiary/aromatic N) is 4. The lowest BCUT2D eigenvalue weighted by Crippen LogP contribution is -2.51. The van der Waals surface area contributed by atoms with Crippen molar-refractivity contribution in [1.29, 1.82) is 0 Å². The van der Waals surface area contributed by atoms with Crippen molar-refractivity contribution < 1.29 is 23.2 Å². The van der Waals surface area contributed by atoms with Gasteiger partial charge < -0.3 is 23.8 Å². The first-order chi connectivity index (χ1) is 16.5. The molecule has 0 bridgehead atoms. The molecule has 1 heterocycles. The molecule has 1 saturated heterocycles. The SMILES string of the molecule is CC(C)(C)OC(=O)N1CCN(CCN(c2ccc(NC3CCCCC3)c([N+](=O)[O-])c2)S(=O)[O-])CC1. The molecule has 1 saturated carbocycles. The largest absolute Gasteiger partial charge is 0.755 e. The number of nitro groups is 1. The van der Waals surface area contributed by atoms with Crippen molar-refractivity contribution in [2.45, 2.75) is 64.5 Å². The minimum Gasteiger partial charge on any atom is -0.755 e. The molecule has 1 amide bonds. The van der Waals surface area contributed by atoms with E-state index < -0.39 is 21.8 Å².